The summed E-state index contributed by atoms with van der Waals surface area (Å²) in [7, 11) is 0. The molecule has 0 aliphatic carbocycles. The number of carbonyl (C=O) groups excluding carboxylic acids is 2. The number of unbranched alkanes of at least 4 members (excludes halogenated alkanes) is 63. The minimum atomic E-state index is -0.662. The van der Waals surface area contributed by atoms with Gasteiger partial charge in [-0.1, -0.05) is 423 Å². The lowest BCUT2D eigenvalue weighted by molar-refractivity contribution is -0.143. The highest BCUT2D eigenvalue weighted by atomic mass is 16.5. The molecule has 0 fully saturated rings. The van der Waals surface area contributed by atoms with E-state index in [9.17, 15) is 19.8 Å². The van der Waals surface area contributed by atoms with Gasteiger partial charge >= 0.3 is 5.97 Å². The standard InChI is InChI=1S/C83H161NO5/c1-3-5-7-9-11-13-15-17-19-20-44-48-51-55-59-63-67-71-75-81(86)80(79-85)84-82(87)76-72-68-64-60-56-52-49-45-42-40-38-36-34-32-30-28-26-24-22-21-23-25-27-29-31-33-35-37-39-41-43-46-50-54-58-62-66-70-74-78-89-83(88)77-73-69-65-61-57-53-47-18-16-14-12-10-8-6-4-2/h21-22,25,27,80-81,85-86H,3-20,23-24,26,28-79H2,1-2H3,(H,84,87)/b22-21-,27-25-. The third-order valence-corrected chi connectivity index (χ3v) is 19.5. The minimum absolute atomic E-state index is 0.0242. The van der Waals surface area contributed by atoms with Gasteiger partial charge in [-0.05, 0) is 57.8 Å². The highest BCUT2D eigenvalue weighted by molar-refractivity contribution is 5.76. The summed E-state index contributed by atoms with van der Waals surface area (Å²) in [6, 6.07) is -0.539. The second-order valence-electron chi connectivity index (χ2n) is 28.5. The monoisotopic (exact) mass is 1250 g/mol. The van der Waals surface area contributed by atoms with Gasteiger partial charge in [0.15, 0.2) is 0 Å². The van der Waals surface area contributed by atoms with Crippen LogP contribution in [-0.4, -0.2) is 47.4 Å². The van der Waals surface area contributed by atoms with Crippen molar-refractivity contribution in [3.8, 4) is 0 Å². The van der Waals surface area contributed by atoms with Crippen LogP contribution in [0.1, 0.15) is 470 Å². The predicted octanol–water partition coefficient (Wildman–Crippen LogP) is 27.2. The Labute approximate surface area is 558 Å². The molecule has 89 heavy (non-hydrogen) atoms. The van der Waals surface area contributed by atoms with Crippen molar-refractivity contribution >= 4 is 11.9 Å². The summed E-state index contributed by atoms with van der Waals surface area (Å²) in [6.07, 6.45) is 101. The summed E-state index contributed by atoms with van der Waals surface area (Å²) >= 11 is 0. The lowest BCUT2D eigenvalue weighted by Crippen LogP contribution is -2.45. The fourth-order valence-corrected chi connectivity index (χ4v) is 13.3. The number of ether oxygens (including phenoxy) is 1. The van der Waals surface area contributed by atoms with Crippen LogP contribution in [0.3, 0.4) is 0 Å². The van der Waals surface area contributed by atoms with Crippen molar-refractivity contribution in [2.24, 2.45) is 0 Å². The van der Waals surface area contributed by atoms with E-state index in [0.29, 0.717) is 25.9 Å². The topological polar surface area (TPSA) is 95.9 Å². The van der Waals surface area contributed by atoms with Crippen LogP contribution in [0, 0.1) is 0 Å². The maximum absolute atomic E-state index is 12.5. The highest BCUT2D eigenvalue weighted by Gasteiger charge is 2.20. The maximum atomic E-state index is 12.5. The Morgan fingerprint density at radius 2 is 0.562 bits per heavy atom. The van der Waals surface area contributed by atoms with Gasteiger partial charge in [0.05, 0.1) is 25.4 Å². The fourth-order valence-electron chi connectivity index (χ4n) is 13.3. The summed E-state index contributed by atoms with van der Waals surface area (Å²) in [5.74, 6) is -0.00292. The number of hydrogen-bond donors (Lipinski definition) is 3. The molecule has 2 unspecified atom stereocenters. The lowest BCUT2D eigenvalue weighted by atomic mass is 10.0. The Bertz CT molecular complexity index is 1400. The van der Waals surface area contributed by atoms with Gasteiger partial charge in [0, 0.05) is 12.8 Å². The minimum Gasteiger partial charge on any atom is -0.466 e. The largest absolute Gasteiger partial charge is 0.466 e. The van der Waals surface area contributed by atoms with E-state index in [1.54, 1.807) is 0 Å². The van der Waals surface area contributed by atoms with E-state index in [1.165, 1.54) is 392 Å². The molecule has 1 amide bonds. The number of carbonyl (C=O) groups is 2. The molecule has 2 atom stereocenters. The molecule has 0 aromatic heterocycles. The predicted molar refractivity (Wildman–Crippen MR) is 393 cm³/mol. The van der Waals surface area contributed by atoms with Crippen LogP contribution < -0.4 is 5.32 Å². The fraction of sp³-hybridized carbons (Fsp3) is 0.928. The first-order valence-electron chi connectivity index (χ1n) is 41.1. The average molecular weight is 1250 g/mol. The molecule has 0 heterocycles. The molecule has 0 saturated heterocycles. The molecule has 6 nitrogen and oxygen atoms in total. The Kier molecular flexibility index (Phi) is 77.3. The molecule has 0 aliphatic heterocycles. The molecule has 528 valence electrons. The van der Waals surface area contributed by atoms with E-state index in [2.05, 4.69) is 43.5 Å². The van der Waals surface area contributed by atoms with E-state index in [4.69, 9.17) is 4.74 Å². The first-order valence-corrected chi connectivity index (χ1v) is 41.1. The van der Waals surface area contributed by atoms with Gasteiger partial charge in [-0.3, -0.25) is 9.59 Å². The first-order chi connectivity index (χ1) is 44.0. The van der Waals surface area contributed by atoms with Crippen LogP contribution >= 0.6 is 0 Å². The van der Waals surface area contributed by atoms with Crippen molar-refractivity contribution < 1.29 is 24.5 Å². The number of allylic oxidation sites excluding steroid dienone is 4. The number of esters is 1. The number of nitrogens with one attached hydrogen (secondary N) is 1. The first kappa shape index (κ1) is 87.3. The molecule has 0 rings (SSSR count). The molecule has 0 radical (unpaired) electrons. The van der Waals surface area contributed by atoms with Crippen LogP contribution in [-0.2, 0) is 14.3 Å². The van der Waals surface area contributed by atoms with Gasteiger partial charge in [0.2, 0.25) is 5.91 Å². The van der Waals surface area contributed by atoms with Crippen molar-refractivity contribution in [1.29, 1.82) is 0 Å². The smallest absolute Gasteiger partial charge is 0.305 e. The van der Waals surface area contributed by atoms with Gasteiger partial charge in [0.25, 0.3) is 0 Å². The second-order valence-corrected chi connectivity index (χ2v) is 28.5. The van der Waals surface area contributed by atoms with Crippen LogP contribution in [0.2, 0.25) is 0 Å². The van der Waals surface area contributed by atoms with Gasteiger partial charge in [-0.25, -0.2) is 0 Å². The van der Waals surface area contributed by atoms with Crippen molar-refractivity contribution in [2.75, 3.05) is 13.2 Å². The number of rotatable bonds is 78. The van der Waals surface area contributed by atoms with Crippen molar-refractivity contribution in [3.05, 3.63) is 24.3 Å². The summed E-state index contributed by atoms with van der Waals surface area (Å²) in [5, 5.41) is 23.4. The van der Waals surface area contributed by atoms with Gasteiger partial charge in [-0.2, -0.15) is 0 Å². The quantitative estimate of drug-likeness (QED) is 0.0320. The molecular weight excluding hydrogens is 1090 g/mol. The molecule has 0 saturated carbocycles. The van der Waals surface area contributed by atoms with Crippen molar-refractivity contribution in [3.63, 3.8) is 0 Å². The number of aliphatic hydroxyl groups is 2. The number of hydrogen-bond acceptors (Lipinski definition) is 5. The molecule has 0 spiro atoms. The zero-order chi connectivity index (χ0) is 64.2. The normalized spacial score (nSPS) is 12.5. The van der Waals surface area contributed by atoms with Crippen LogP contribution in [0.4, 0.5) is 0 Å². The molecular formula is C83H161NO5. The van der Waals surface area contributed by atoms with Crippen LogP contribution in [0.25, 0.3) is 0 Å². The van der Waals surface area contributed by atoms with E-state index >= 15 is 0 Å². The molecule has 6 heteroatoms. The Balaban J connectivity index is 3.34. The zero-order valence-electron chi connectivity index (χ0n) is 60.7. The molecule has 0 aromatic carbocycles. The third-order valence-electron chi connectivity index (χ3n) is 19.5. The Morgan fingerprint density at radius 1 is 0.315 bits per heavy atom. The van der Waals surface area contributed by atoms with Crippen LogP contribution in [0.15, 0.2) is 24.3 Å². The number of amides is 1. The van der Waals surface area contributed by atoms with E-state index < -0.39 is 12.1 Å². The highest BCUT2D eigenvalue weighted by Crippen LogP contribution is 2.20. The molecule has 0 aromatic rings. The second kappa shape index (κ2) is 78.8. The van der Waals surface area contributed by atoms with Gasteiger partial charge in [-0.15, -0.1) is 0 Å². The van der Waals surface area contributed by atoms with E-state index in [-0.39, 0.29) is 18.5 Å². The van der Waals surface area contributed by atoms with Gasteiger partial charge < -0.3 is 20.3 Å². The van der Waals surface area contributed by atoms with E-state index in [0.717, 1.165) is 44.9 Å². The summed E-state index contributed by atoms with van der Waals surface area (Å²) in [4.78, 5) is 24.6. The molecule has 0 bridgehead atoms. The lowest BCUT2D eigenvalue weighted by Gasteiger charge is -2.22. The van der Waals surface area contributed by atoms with Gasteiger partial charge in [0.1, 0.15) is 0 Å². The number of aliphatic hydroxyl groups excluding tert-OH is 2. The molecule has 0 aliphatic rings. The maximum Gasteiger partial charge on any atom is 0.305 e. The Morgan fingerprint density at radius 3 is 0.854 bits per heavy atom. The van der Waals surface area contributed by atoms with Crippen LogP contribution in [0.5, 0.6) is 0 Å². The van der Waals surface area contributed by atoms with E-state index in [1.807, 2.05) is 0 Å². The van der Waals surface area contributed by atoms with Crippen molar-refractivity contribution in [1.82, 2.24) is 5.32 Å². The SMILES string of the molecule is CCCCCCCCCCCCCCCCCCCCC(O)C(CO)NC(=O)CCCCCCCCCCCCCCCCCCC/C=C\C/C=C\CCCCCCCCCCCCCCCCCOC(=O)CCCCCCCCCCCCCCCCC. The average Bonchev–Trinajstić information content (AvgIpc) is 3.57. The Hall–Kier alpha value is -1.66. The third kappa shape index (κ3) is 75.3. The summed E-state index contributed by atoms with van der Waals surface area (Å²) in [6.45, 7) is 5.01. The zero-order valence-corrected chi connectivity index (χ0v) is 60.7. The summed E-state index contributed by atoms with van der Waals surface area (Å²) in [5.41, 5.74) is 0. The van der Waals surface area contributed by atoms with Crippen molar-refractivity contribution in [2.45, 2.75) is 482 Å². The molecule has 3 N–H and O–H groups in total. The summed E-state index contributed by atoms with van der Waals surface area (Å²) < 4.78 is 5.51.